The van der Waals surface area contributed by atoms with E-state index >= 15 is 0 Å². The van der Waals surface area contributed by atoms with Crippen molar-refractivity contribution in [3.63, 3.8) is 0 Å². The van der Waals surface area contributed by atoms with Crippen LogP contribution in [0, 0.1) is 0 Å². The lowest BCUT2D eigenvalue weighted by Crippen LogP contribution is -2.48. The number of alkyl halides is 3. The van der Waals surface area contributed by atoms with Crippen molar-refractivity contribution in [1.82, 2.24) is 19.2 Å². The first-order valence-corrected chi connectivity index (χ1v) is 9.50. The normalized spacial score (nSPS) is 15.8. The second-order valence-corrected chi connectivity index (χ2v) is 7.39. The fourth-order valence-corrected chi connectivity index (χ4v) is 3.69. The molecule has 0 N–H and O–H groups in total. The smallest absolute Gasteiger partial charge is 0.335 e. The van der Waals surface area contributed by atoms with E-state index in [1.165, 1.54) is 11.8 Å². The van der Waals surface area contributed by atoms with Gasteiger partial charge in [0.15, 0.2) is 5.65 Å². The highest BCUT2D eigenvalue weighted by Crippen LogP contribution is 2.32. The molecule has 1 aromatic carbocycles. The van der Waals surface area contributed by atoms with Crippen LogP contribution in [0.25, 0.3) is 5.65 Å². The van der Waals surface area contributed by atoms with Crippen LogP contribution >= 0.6 is 11.6 Å². The van der Waals surface area contributed by atoms with Crippen LogP contribution < -0.4 is 0 Å². The molecule has 0 bridgehead atoms. The maximum Gasteiger partial charge on any atom is 0.417 e. The molecule has 0 radical (unpaired) electrons. The van der Waals surface area contributed by atoms with E-state index in [0.717, 1.165) is 23.2 Å². The highest BCUT2D eigenvalue weighted by Gasteiger charge is 2.32. The van der Waals surface area contributed by atoms with Crippen LogP contribution in [-0.4, -0.2) is 51.3 Å². The molecule has 0 unspecified atom stereocenters. The summed E-state index contributed by atoms with van der Waals surface area (Å²) in [5, 5.41) is -0.147. The van der Waals surface area contributed by atoms with Gasteiger partial charge in [-0.25, -0.2) is 4.98 Å². The fourth-order valence-electron chi connectivity index (χ4n) is 3.43. The zero-order valence-electron chi connectivity index (χ0n) is 15.4. The van der Waals surface area contributed by atoms with E-state index in [-0.39, 0.29) is 22.3 Å². The number of hydrogen-bond acceptors (Lipinski definition) is 3. The number of aromatic nitrogens is 2. The summed E-state index contributed by atoms with van der Waals surface area (Å²) in [7, 11) is 0. The number of rotatable bonds is 3. The predicted molar refractivity (Wildman–Crippen MR) is 103 cm³/mol. The topological polar surface area (TPSA) is 40.9 Å². The van der Waals surface area contributed by atoms with E-state index in [9.17, 15) is 18.0 Å². The third-order valence-corrected chi connectivity index (χ3v) is 5.24. The first kappa shape index (κ1) is 19.7. The van der Waals surface area contributed by atoms with Crippen LogP contribution in [0.15, 0.2) is 48.8 Å². The van der Waals surface area contributed by atoms with Gasteiger partial charge in [0.25, 0.3) is 5.91 Å². The van der Waals surface area contributed by atoms with Crippen molar-refractivity contribution >= 4 is 23.2 Å². The first-order chi connectivity index (χ1) is 13.8. The number of pyridine rings is 1. The summed E-state index contributed by atoms with van der Waals surface area (Å²) in [6.45, 7) is 3.30. The van der Waals surface area contributed by atoms with Crippen molar-refractivity contribution in [2.24, 2.45) is 0 Å². The van der Waals surface area contributed by atoms with Crippen LogP contribution in [0.2, 0.25) is 5.02 Å². The van der Waals surface area contributed by atoms with Gasteiger partial charge in [-0.05, 0) is 11.6 Å². The summed E-state index contributed by atoms with van der Waals surface area (Å²) in [6, 6.07) is 10.9. The average Bonchev–Trinajstić information content (AvgIpc) is 3.13. The molecule has 152 valence electrons. The molecule has 29 heavy (non-hydrogen) atoms. The molecule has 0 saturated carbocycles. The number of fused-ring (bicyclic) bond motifs is 1. The van der Waals surface area contributed by atoms with E-state index in [0.29, 0.717) is 26.2 Å². The Bertz CT molecular complexity index is 1030. The van der Waals surface area contributed by atoms with Crippen LogP contribution in [-0.2, 0) is 12.7 Å². The number of nitrogens with zero attached hydrogens (tertiary/aromatic N) is 4. The molecular formula is C20H18ClF3N4O. The van der Waals surface area contributed by atoms with E-state index in [2.05, 4.69) is 22.0 Å². The van der Waals surface area contributed by atoms with Crippen LogP contribution in [0.3, 0.4) is 0 Å². The lowest BCUT2D eigenvalue weighted by atomic mass is 10.2. The quantitative estimate of drug-likeness (QED) is 0.641. The highest BCUT2D eigenvalue weighted by atomic mass is 35.5. The van der Waals surface area contributed by atoms with E-state index in [1.54, 1.807) is 4.90 Å². The summed E-state index contributed by atoms with van der Waals surface area (Å²) < 4.78 is 40.1. The van der Waals surface area contributed by atoms with E-state index < -0.39 is 11.7 Å². The highest BCUT2D eigenvalue weighted by molar-refractivity contribution is 6.33. The van der Waals surface area contributed by atoms with Crippen molar-refractivity contribution in [2.75, 3.05) is 26.2 Å². The maximum absolute atomic E-state index is 13.0. The maximum atomic E-state index is 13.0. The standard InChI is InChI=1S/C20H18ClF3N4O/c21-16-10-15(20(22,23)24)12-28-13-17(25-18(16)28)19(29)27-8-6-26(7-9-27)11-14-4-2-1-3-5-14/h1-5,10,12-13H,6-9,11H2. The van der Waals surface area contributed by atoms with Gasteiger partial charge in [-0.2, -0.15) is 13.2 Å². The molecule has 1 saturated heterocycles. The van der Waals surface area contributed by atoms with Gasteiger partial charge < -0.3 is 9.30 Å². The third-order valence-electron chi connectivity index (χ3n) is 4.96. The number of piperazine rings is 1. The Hall–Kier alpha value is -2.58. The average molecular weight is 423 g/mol. The molecule has 5 nitrogen and oxygen atoms in total. The second-order valence-electron chi connectivity index (χ2n) is 6.99. The summed E-state index contributed by atoms with van der Waals surface area (Å²) in [4.78, 5) is 20.9. The monoisotopic (exact) mass is 422 g/mol. The SMILES string of the molecule is O=C(c1cn2cc(C(F)(F)F)cc(Cl)c2n1)N1CCN(Cc2ccccc2)CC1. The van der Waals surface area contributed by atoms with E-state index in [4.69, 9.17) is 11.6 Å². The van der Waals surface area contributed by atoms with Crippen LogP contribution in [0.5, 0.6) is 0 Å². The van der Waals surface area contributed by atoms with Gasteiger partial charge >= 0.3 is 6.18 Å². The van der Waals surface area contributed by atoms with E-state index in [1.807, 2.05) is 18.2 Å². The van der Waals surface area contributed by atoms with Gasteiger partial charge in [-0.3, -0.25) is 9.69 Å². The molecule has 0 aliphatic carbocycles. The first-order valence-electron chi connectivity index (χ1n) is 9.12. The zero-order valence-corrected chi connectivity index (χ0v) is 16.1. The molecule has 1 amide bonds. The molecule has 0 atom stereocenters. The molecular weight excluding hydrogens is 405 g/mol. The minimum atomic E-state index is -4.53. The molecule has 9 heteroatoms. The van der Waals surface area contributed by atoms with Crippen molar-refractivity contribution in [3.05, 3.63) is 70.6 Å². The number of halogens is 4. The molecule has 3 aromatic rings. The molecule has 1 aliphatic heterocycles. The van der Waals surface area contributed by atoms with Gasteiger partial charge in [-0.1, -0.05) is 41.9 Å². The van der Waals surface area contributed by atoms with Gasteiger partial charge in [0.1, 0.15) is 5.69 Å². The third kappa shape index (κ3) is 4.23. The molecule has 1 fully saturated rings. The largest absolute Gasteiger partial charge is 0.417 e. The van der Waals surface area contributed by atoms with Gasteiger partial charge in [0.05, 0.1) is 10.6 Å². The zero-order chi connectivity index (χ0) is 20.6. The number of carbonyl (C=O) groups is 1. The van der Waals surface area contributed by atoms with Crippen molar-refractivity contribution in [3.8, 4) is 0 Å². The molecule has 0 spiro atoms. The number of imidazole rings is 1. The van der Waals surface area contributed by atoms with Crippen molar-refractivity contribution in [1.29, 1.82) is 0 Å². The minimum absolute atomic E-state index is 0.0859. The Labute approximate surface area is 170 Å². The predicted octanol–water partition coefficient (Wildman–Crippen LogP) is 3.96. The Morgan fingerprint density at radius 1 is 1.07 bits per heavy atom. The fraction of sp³-hybridized carbons (Fsp3) is 0.300. The second kappa shape index (κ2) is 7.68. The Balaban J connectivity index is 1.46. The van der Waals surface area contributed by atoms with Crippen molar-refractivity contribution in [2.45, 2.75) is 12.7 Å². The minimum Gasteiger partial charge on any atom is -0.335 e. The Morgan fingerprint density at radius 3 is 2.41 bits per heavy atom. The molecule has 3 heterocycles. The Morgan fingerprint density at radius 2 is 1.76 bits per heavy atom. The summed E-state index contributed by atoms with van der Waals surface area (Å²) in [5.74, 6) is -0.308. The van der Waals surface area contributed by atoms with Gasteiger partial charge in [0.2, 0.25) is 0 Å². The number of carbonyl (C=O) groups excluding carboxylic acids is 1. The summed E-state index contributed by atoms with van der Waals surface area (Å²) in [6.07, 6.45) is -2.33. The van der Waals surface area contributed by atoms with Gasteiger partial charge in [-0.15, -0.1) is 0 Å². The van der Waals surface area contributed by atoms with Crippen LogP contribution in [0.4, 0.5) is 13.2 Å². The lowest BCUT2D eigenvalue weighted by molar-refractivity contribution is -0.137. The summed E-state index contributed by atoms with van der Waals surface area (Å²) in [5.41, 5.74) is 0.539. The van der Waals surface area contributed by atoms with Crippen molar-refractivity contribution < 1.29 is 18.0 Å². The van der Waals surface area contributed by atoms with Crippen LogP contribution in [0.1, 0.15) is 21.6 Å². The number of benzene rings is 1. The molecule has 4 rings (SSSR count). The van der Waals surface area contributed by atoms with Gasteiger partial charge in [0, 0.05) is 45.1 Å². The lowest BCUT2D eigenvalue weighted by Gasteiger charge is -2.34. The Kier molecular flexibility index (Phi) is 5.23. The number of amides is 1. The molecule has 2 aromatic heterocycles. The summed E-state index contributed by atoms with van der Waals surface area (Å²) >= 11 is 5.95. The molecule has 1 aliphatic rings. The number of hydrogen-bond donors (Lipinski definition) is 0.